The minimum Gasteiger partial charge on any atom is -0.497 e. The van der Waals surface area contributed by atoms with Crippen molar-refractivity contribution in [2.24, 2.45) is 5.92 Å². The number of carbonyl (C=O) groups excluding carboxylic acids is 1. The van der Waals surface area contributed by atoms with E-state index < -0.39 is 0 Å². The summed E-state index contributed by atoms with van der Waals surface area (Å²) in [6, 6.07) is 25.4. The van der Waals surface area contributed by atoms with Crippen molar-refractivity contribution in [3.05, 3.63) is 84.4 Å². The standard InChI is InChI=1S/C31H37NO4/c1-34-27-16-18-28(19-17-27)35-22-9-3-8-20-32-21-10-11-25(23-32)24-36-31(33)30-15-7-6-14-29(30)26-12-4-2-5-13-26/h2,4-7,12-19,25H,3,8-11,20-24H2,1H3. The van der Waals surface area contributed by atoms with Gasteiger partial charge in [-0.15, -0.1) is 0 Å². The second-order valence-electron chi connectivity index (χ2n) is 9.40. The number of likely N-dealkylation sites (tertiary alicyclic amines) is 1. The molecule has 0 aliphatic carbocycles. The van der Waals surface area contributed by atoms with Crippen LogP contribution in [0.5, 0.6) is 11.5 Å². The summed E-state index contributed by atoms with van der Waals surface area (Å²) in [5, 5.41) is 0. The molecule has 0 spiro atoms. The van der Waals surface area contributed by atoms with Crippen molar-refractivity contribution in [1.82, 2.24) is 4.90 Å². The van der Waals surface area contributed by atoms with Crippen LogP contribution in [0.3, 0.4) is 0 Å². The molecule has 1 unspecified atom stereocenters. The summed E-state index contributed by atoms with van der Waals surface area (Å²) < 4.78 is 16.8. The summed E-state index contributed by atoms with van der Waals surface area (Å²) >= 11 is 0. The maximum Gasteiger partial charge on any atom is 0.338 e. The smallest absolute Gasteiger partial charge is 0.338 e. The van der Waals surface area contributed by atoms with Gasteiger partial charge in [-0.25, -0.2) is 4.79 Å². The zero-order chi connectivity index (χ0) is 25.0. The van der Waals surface area contributed by atoms with E-state index in [1.54, 1.807) is 7.11 Å². The summed E-state index contributed by atoms with van der Waals surface area (Å²) in [4.78, 5) is 15.4. The van der Waals surface area contributed by atoms with Gasteiger partial charge in [-0.05, 0) is 86.7 Å². The predicted octanol–water partition coefficient (Wildman–Crippen LogP) is 6.48. The highest BCUT2D eigenvalue weighted by Crippen LogP contribution is 2.25. The van der Waals surface area contributed by atoms with Crippen LogP contribution in [0.4, 0.5) is 0 Å². The number of benzene rings is 3. The van der Waals surface area contributed by atoms with Crippen LogP contribution in [-0.2, 0) is 4.74 Å². The van der Waals surface area contributed by atoms with Gasteiger partial charge in [-0.3, -0.25) is 0 Å². The number of ether oxygens (including phenoxy) is 3. The van der Waals surface area contributed by atoms with Gasteiger partial charge in [-0.1, -0.05) is 48.5 Å². The molecule has 1 atom stereocenters. The van der Waals surface area contributed by atoms with E-state index in [0.29, 0.717) is 18.1 Å². The van der Waals surface area contributed by atoms with Gasteiger partial charge in [-0.2, -0.15) is 0 Å². The molecule has 3 aromatic carbocycles. The summed E-state index contributed by atoms with van der Waals surface area (Å²) in [6.07, 6.45) is 5.61. The molecule has 5 nitrogen and oxygen atoms in total. The second-order valence-corrected chi connectivity index (χ2v) is 9.40. The molecular weight excluding hydrogens is 450 g/mol. The maximum atomic E-state index is 12.9. The van der Waals surface area contributed by atoms with Gasteiger partial charge in [0.05, 0.1) is 25.9 Å². The number of nitrogens with zero attached hydrogens (tertiary/aromatic N) is 1. The SMILES string of the molecule is COc1ccc(OCCCCCN2CCCC(COC(=O)c3ccccc3-c3ccccc3)C2)cc1. The lowest BCUT2D eigenvalue weighted by Crippen LogP contribution is -2.38. The number of methoxy groups -OCH3 is 1. The van der Waals surface area contributed by atoms with Crippen LogP contribution in [0.1, 0.15) is 42.5 Å². The molecule has 0 aromatic heterocycles. The van der Waals surface area contributed by atoms with Crippen molar-refractivity contribution >= 4 is 5.97 Å². The van der Waals surface area contributed by atoms with E-state index in [-0.39, 0.29) is 5.97 Å². The predicted molar refractivity (Wildman–Crippen MR) is 144 cm³/mol. The number of carbonyl (C=O) groups is 1. The Balaban J connectivity index is 1.15. The van der Waals surface area contributed by atoms with Gasteiger partial charge in [0, 0.05) is 12.5 Å². The first-order chi connectivity index (χ1) is 17.7. The highest BCUT2D eigenvalue weighted by atomic mass is 16.5. The number of hydrogen-bond donors (Lipinski definition) is 0. The molecule has 1 aliphatic heterocycles. The van der Waals surface area contributed by atoms with E-state index in [2.05, 4.69) is 4.90 Å². The zero-order valence-electron chi connectivity index (χ0n) is 21.2. The van der Waals surface area contributed by atoms with Crippen LogP contribution in [0, 0.1) is 5.92 Å². The molecule has 1 heterocycles. The van der Waals surface area contributed by atoms with Crippen molar-refractivity contribution < 1.29 is 19.0 Å². The van der Waals surface area contributed by atoms with Crippen LogP contribution >= 0.6 is 0 Å². The average molecular weight is 488 g/mol. The first kappa shape index (κ1) is 25.8. The molecule has 1 fully saturated rings. The lowest BCUT2D eigenvalue weighted by Gasteiger charge is -2.32. The fraction of sp³-hybridized carbons (Fsp3) is 0.387. The molecule has 0 radical (unpaired) electrons. The Bertz CT molecular complexity index is 1070. The van der Waals surface area contributed by atoms with Crippen LogP contribution < -0.4 is 9.47 Å². The molecule has 1 aliphatic rings. The second kappa shape index (κ2) is 13.7. The summed E-state index contributed by atoms with van der Waals surface area (Å²) in [5.74, 6) is 1.89. The van der Waals surface area contributed by atoms with Crippen LogP contribution in [0.2, 0.25) is 0 Å². The van der Waals surface area contributed by atoms with Gasteiger partial charge >= 0.3 is 5.97 Å². The molecule has 4 rings (SSSR count). The van der Waals surface area contributed by atoms with Crippen LogP contribution in [0.25, 0.3) is 11.1 Å². The summed E-state index contributed by atoms with van der Waals surface area (Å²) in [7, 11) is 1.67. The topological polar surface area (TPSA) is 48.0 Å². The van der Waals surface area contributed by atoms with Gasteiger partial charge in [0.15, 0.2) is 0 Å². The molecular formula is C31H37NO4. The Labute approximate surface area is 215 Å². The Kier molecular flexibility index (Phi) is 9.80. The van der Waals surface area contributed by atoms with Crippen molar-refractivity contribution in [2.45, 2.75) is 32.1 Å². The fourth-order valence-corrected chi connectivity index (χ4v) is 4.77. The number of hydrogen-bond acceptors (Lipinski definition) is 5. The molecule has 0 amide bonds. The molecule has 190 valence electrons. The van der Waals surface area contributed by atoms with Crippen molar-refractivity contribution in [3.63, 3.8) is 0 Å². The third-order valence-electron chi connectivity index (χ3n) is 6.73. The van der Waals surface area contributed by atoms with E-state index in [9.17, 15) is 4.79 Å². The molecule has 0 saturated carbocycles. The maximum absolute atomic E-state index is 12.9. The third-order valence-corrected chi connectivity index (χ3v) is 6.73. The normalized spacial score (nSPS) is 15.9. The van der Waals surface area contributed by atoms with Crippen molar-refractivity contribution in [2.75, 3.05) is 40.0 Å². The zero-order valence-corrected chi connectivity index (χ0v) is 21.2. The molecule has 3 aromatic rings. The van der Waals surface area contributed by atoms with Crippen molar-refractivity contribution in [3.8, 4) is 22.6 Å². The largest absolute Gasteiger partial charge is 0.497 e. The van der Waals surface area contributed by atoms with E-state index in [1.165, 1.54) is 0 Å². The van der Waals surface area contributed by atoms with Crippen LogP contribution in [-0.4, -0.2) is 50.8 Å². The van der Waals surface area contributed by atoms with E-state index in [0.717, 1.165) is 81.0 Å². The molecule has 0 bridgehead atoms. The molecule has 36 heavy (non-hydrogen) atoms. The summed E-state index contributed by atoms with van der Waals surface area (Å²) in [6.45, 7) is 4.42. The number of piperidine rings is 1. The lowest BCUT2D eigenvalue weighted by atomic mass is 9.98. The van der Waals surface area contributed by atoms with Crippen molar-refractivity contribution in [1.29, 1.82) is 0 Å². The summed E-state index contributed by atoms with van der Waals surface area (Å²) in [5.41, 5.74) is 2.58. The molecule has 0 N–H and O–H groups in total. The number of esters is 1. The Hall–Kier alpha value is -3.31. The highest BCUT2D eigenvalue weighted by Gasteiger charge is 2.22. The first-order valence-corrected chi connectivity index (χ1v) is 13.0. The quantitative estimate of drug-likeness (QED) is 0.216. The van der Waals surface area contributed by atoms with Gasteiger partial charge < -0.3 is 19.1 Å². The van der Waals surface area contributed by atoms with E-state index in [1.807, 2.05) is 78.9 Å². The third kappa shape index (κ3) is 7.59. The fourth-order valence-electron chi connectivity index (χ4n) is 4.77. The minimum absolute atomic E-state index is 0.233. The molecule has 1 saturated heterocycles. The van der Waals surface area contributed by atoms with E-state index in [4.69, 9.17) is 14.2 Å². The number of rotatable bonds is 12. The monoisotopic (exact) mass is 487 g/mol. The number of unbranched alkanes of at least 4 members (excludes halogenated alkanes) is 2. The van der Waals surface area contributed by atoms with E-state index >= 15 is 0 Å². The average Bonchev–Trinajstić information content (AvgIpc) is 2.94. The minimum atomic E-state index is -0.233. The van der Waals surface area contributed by atoms with Gasteiger partial charge in [0.1, 0.15) is 11.5 Å². The van der Waals surface area contributed by atoms with Gasteiger partial charge in [0.2, 0.25) is 0 Å². The van der Waals surface area contributed by atoms with Gasteiger partial charge in [0.25, 0.3) is 0 Å². The Morgan fingerprint density at radius 3 is 2.44 bits per heavy atom. The first-order valence-electron chi connectivity index (χ1n) is 13.0. The molecule has 5 heteroatoms. The highest BCUT2D eigenvalue weighted by molar-refractivity contribution is 5.97. The Morgan fingerprint density at radius 2 is 1.64 bits per heavy atom. The Morgan fingerprint density at radius 1 is 0.889 bits per heavy atom. The lowest BCUT2D eigenvalue weighted by molar-refractivity contribution is 0.0354. The van der Waals surface area contributed by atoms with Crippen LogP contribution in [0.15, 0.2) is 78.9 Å².